The van der Waals surface area contributed by atoms with Crippen molar-refractivity contribution >= 4 is 15.9 Å². The van der Waals surface area contributed by atoms with Gasteiger partial charge in [0, 0.05) is 4.47 Å². The van der Waals surface area contributed by atoms with Crippen molar-refractivity contribution in [2.24, 2.45) is 5.73 Å². The summed E-state index contributed by atoms with van der Waals surface area (Å²) < 4.78 is 12.4. The van der Waals surface area contributed by atoms with Gasteiger partial charge < -0.3 is 15.2 Å². The van der Waals surface area contributed by atoms with Crippen molar-refractivity contribution < 1.29 is 9.47 Å². The molecule has 0 unspecified atom stereocenters. The SMILES string of the molecule is COc1cc(Br)cc(CCCN)c1OC1CC1. The van der Waals surface area contributed by atoms with Gasteiger partial charge in [-0.1, -0.05) is 15.9 Å². The Bertz CT molecular complexity index is 391. The van der Waals surface area contributed by atoms with Crippen LogP contribution in [0, 0.1) is 0 Å². The number of ether oxygens (including phenoxy) is 2. The summed E-state index contributed by atoms with van der Waals surface area (Å²) in [6.07, 6.45) is 4.56. The van der Waals surface area contributed by atoms with Gasteiger partial charge in [-0.05, 0) is 49.9 Å². The lowest BCUT2D eigenvalue weighted by atomic mass is 10.1. The number of methoxy groups -OCH3 is 1. The van der Waals surface area contributed by atoms with E-state index in [9.17, 15) is 0 Å². The molecule has 94 valence electrons. The third-order valence-electron chi connectivity index (χ3n) is 2.78. The molecule has 0 saturated heterocycles. The van der Waals surface area contributed by atoms with E-state index in [4.69, 9.17) is 15.2 Å². The number of hydrogen-bond acceptors (Lipinski definition) is 3. The minimum Gasteiger partial charge on any atom is -0.493 e. The lowest BCUT2D eigenvalue weighted by molar-refractivity contribution is 0.278. The molecule has 4 heteroatoms. The number of rotatable bonds is 6. The Morgan fingerprint density at radius 1 is 1.41 bits per heavy atom. The molecule has 17 heavy (non-hydrogen) atoms. The molecule has 3 nitrogen and oxygen atoms in total. The van der Waals surface area contributed by atoms with Crippen LogP contribution in [-0.4, -0.2) is 19.8 Å². The Morgan fingerprint density at radius 2 is 2.18 bits per heavy atom. The summed E-state index contributed by atoms with van der Waals surface area (Å²) in [7, 11) is 1.67. The predicted molar refractivity (Wildman–Crippen MR) is 71.7 cm³/mol. The number of halogens is 1. The van der Waals surface area contributed by atoms with E-state index in [1.165, 1.54) is 5.56 Å². The van der Waals surface area contributed by atoms with Gasteiger partial charge in [0.25, 0.3) is 0 Å². The van der Waals surface area contributed by atoms with Crippen LogP contribution < -0.4 is 15.2 Å². The van der Waals surface area contributed by atoms with Gasteiger partial charge in [0.05, 0.1) is 13.2 Å². The van der Waals surface area contributed by atoms with Crippen molar-refractivity contribution in [2.75, 3.05) is 13.7 Å². The van der Waals surface area contributed by atoms with Crippen LogP contribution in [0.25, 0.3) is 0 Å². The largest absolute Gasteiger partial charge is 0.493 e. The average molecular weight is 300 g/mol. The second-order valence-corrected chi connectivity index (χ2v) is 5.22. The molecule has 1 aliphatic rings. The molecule has 0 aromatic heterocycles. The molecule has 1 aromatic carbocycles. The van der Waals surface area contributed by atoms with E-state index in [1.54, 1.807) is 7.11 Å². The lowest BCUT2D eigenvalue weighted by Gasteiger charge is -2.15. The fraction of sp³-hybridized carbons (Fsp3) is 0.538. The van der Waals surface area contributed by atoms with E-state index in [-0.39, 0.29) is 0 Å². The third kappa shape index (κ3) is 3.36. The van der Waals surface area contributed by atoms with E-state index in [1.807, 2.05) is 6.07 Å². The first kappa shape index (κ1) is 12.7. The first-order valence-electron chi connectivity index (χ1n) is 5.97. The monoisotopic (exact) mass is 299 g/mol. The molecule has 0 amide bonds. The van der Waals surface area contributed by atoms with E-state index >= 15 is 0 Å². The minimum absolute atomic E-state index is 0.377. The summed E-state index contributed by atoms with van der Waals surface area (Å²) in [5, 5.41) is 0. The molecule has 0 aliphatic heterocycles. The Hall–Kier alpha value is -0.740. The highest BCUT2D eigenvalue weighted by atomic mass is 79.9. The summed E-state index contributed by atoms with van der Waals surface area (Å²) in [5.41, 5.74) is 6.74. The van der Waals surface area contributed by atoms with Crippen molar-refractivity contribution in [1.82, 2.24) is 0 Å². The maximum absolute atomic E-state index is 5.94. The lowest BCUT2D eigenvalue weighted by Crippen LogP contribution is -2.05. The second-order valence-electron chi connectivity index (χ2n) is 4.31. The zero-order valence-electron chi connectivity index (χ0n) is 10.0. The molecule has 0 radical (unpaired) electrons. The van der Waals surface area contributed by atoms with Gasteiger partial charge in [-0.2, -0.15) is 0 Å². The molecule has 1 aliphatic carbocycles. The fourth-order valence-corrected chi connectivity index (χ4v) is 2.22. The molecular formula is C13H18BrNO2. The summed E-state index contributed by atoms with van der Waals surface area (Å²) in [6.45, 7) is 0.692. The molecule has 0 heterocycles. The second kappa shape index (κ2) is 5.74. The topological polar surface area (TPSA) is 44.5 Å². The van der Waals surface area contributed by atoms with Gasteiger partial charge in [0.2, 0.25) is 0 Å². The third-order valence-corrected chi connectivity index (χ3v) is 3.23. The highest BCUT2D eigenvalue weighted by molar-refractivity contribution is 9.10. The van der Waals surface area contributed by atoms with Crippen LogP contribution >= 0.6 is 15.9 Å². The maximum Gasteiger partial charge on any atom is 0.164 e. The minimum atomic E-state index is 0.377. The molecule has 0 spiro atoms. The van der Waals surface area contributed by atoms with Crippen LogP contribution in [0.5, 0.6) is 11.5 Å². The summed E-state index contributed by atoms with van der Waals surface area (Å²) >= 11 is 3.49. The predicted octanol–water partition coefficient (Wildman–Crippen LogP) is 2.89. The van der Waals surface area contributed by atoms with E-state index < -0.39 is 0 Å². The Labute approximate surface area is 110 Å². The van der Waals surface area contributed by atoms with E-state index in [2.05, 4.69) is 22.0 Å². The molecule has 2 rings (SSSR count). The van der Waals surface area contributed by atoms with Crippen molar-refractivity contribution in [3.05, 3.63) is 22.2 Å². The summed E-state index contributed by atoms with van der Waals surface area (Å²) in [6, 6.07) is 4.04. The van der Waals surface area contributed by atoms with Gasteiger partial charge in [0.15, 0.2) is 11.5 Å². The first-order valence-corrected chi connectivity index (χ1v) is 6.77. The van der Waals surface area contributed by atoms with Crippen molar-refractivity contribution in [2.45, 2.75) is 31.8 Å². The van der Waals surface area contributed by atoms with Crippen LogP contribution in [0.15, 0.2) is 16.6 Å². The van der Waals surface area contributed by atoms with Gasteiger partial charge in [-0.3, -0.25) is 0 Å². The van der Waals surface area contributed by atoms with Gasteiger partial charge in [-0.15, -0.1) is 0 Å². The van der Waals surface area contributed by atoms with Crippen molar-refractivity contribution in [3.63, 3.8) is 0 Å². The molecule has 1 aromatic rings. The summed E-state index contributed by atoms with van der Waals surface area (Å²) in [4.78, 5) is 0. The van der Waals surface area contributed by atoms with Gasteiger partial charge in [0.1, 0.15) is 0 Å². The van der Waals surface area contributed by atoms with Gasteiger partial charge >= 0.3 is 0 Å². The highest BCUT2D eigenvalue weighted by Crippen LogP contribution is 2.39. The molecule has 1 saturated carbocycles. The van der Waals surface area contributed by atoms with Crippen LogP contribution in [0.3, 0.4) is 0 Å². The number of aryl methyl sites for hydroxylation is 1. The normalized spacial score (nSPS) is 14.8. The van der Waals surface area contributed by atoms with Crippen molar-refractivity contribution in [1.29, 1.82) is 0 Å². The van der Waals surface area contributed by atoms with E-state index in [0.29, 0.717) is 12.6 Å². The number of nitrogens with two attached hydrogens (primary N) is 1. The maximum atomic E-state index is 5.94. The molecular weight excluding hydrogens is 282 g/mol. The van der Waals surface area contributed by atoms with Crippen molar-refractivity contribution in [3.8, 4) is 11.5 Å². The van der Waals surface area contributed by atoms with Gasteiger partial charge in [-0.25, -0.2) is 0 Å². The highest BCUT2D eigenvalue weighted by Gasteiger charge is 2.26. The Kier molecular flexibility index (Phi) is 4.29. The molecule has 0 bridgehead atoms. The van der Waals surface area contributed by atoms with Crippen LogP contribution in [-0.2, 0) is 6.42 Å². The average Bonchev–Trinajstić information content (AvgIpc) is 3.12. The molecule has 1 fully saturated rings. The Morgan fingerprint density at radius 3 is 2.76 bits per heavy atom. The first-order chi connectivity index (χ1) is 8.24. The molecule has 2 N–H and O–H groups in total. The smallest absolute Gasteiger partial charge is 0.164 e. The standard InChI is InChI=1S/C13H18BrNO2/c1-16-12-8-10(14)7-9(3-2-6-15)13(12)17-11-4-5-11/h7-8,11H,2-6,15H2,1H3. The quantitative estimate of drug-likeness (QED) is 0.878. The molecule has 0 atom stereocenters. The van der Waals surface area contributed by atoms with Crippen LogP contribution in [0.1, 0.15) is 24.8 Å². The fourth-order valence-electron chi connectivity index (χ4n) is 1.74. The van der Waals surface area contributed by atoms with E-state index in [0.717, 1.165) is 41.7 Å². The number of benzene rings is 1. The summed E-state index contributed by atoms with van der Waals surface area (Å²) in [5.74, 6) is 1.70. The van der Waals surface area contributed by atoms with Crippen LogP contribution in [0.2, 0.25) is 0 Å². The van der Waals surface area contributed by atoms with Crippen LogP contribution in [0.4, 0.5) is 0 Å². The zero-order chi connectivity index (χ0) is 12.3. The Balaban J connectivity index is 2.26. The number of hydrogen-bond donors (Lipinski definition) is 1. The zero-order valence-corrected chi connectivity index (χ0v) is 11.6.